The van der Waals surface area contributed by atoms with Crippen LogP contribution in [0.4, 0.5) is 22.4 Å². The standard InChI is InChI=1S/C21H28F4N4O4/c1-11(27-20(30)26-2)9-31-12-4-6-13(7-5-12)33-21-28-18-14(22)8-15(32-10-16(23)24)17(25)19(18)29(21)3/h8,11-13,16H,4-7,9-10H2,1-3H3,(H2,26,27,30)/t11-,12?,13?/m0/s1. The van der Waals surface area contributed by atoms with E-state index in [0.717, 1.165) is 12.8 Å². The summed E-state index contributed by atoms with van der Waals surface area (Å²) in [5, 5.41) is 5.22. The van der Waals surface area contributed by atoms with Gasteiger partial charge in [0, 0.05) is 20.2 Å². The first-order chi connectivity index (χ1) is 15.7. The third kappa shape index (κ3) is 6.18. The molecular formula is C21H28F4N4O4. The fourth-order valence-corrected chi connectivity index (χ4v) is 3.71. The number of urea groups is 1. The van der Waals surface area contributed by atoms with E-state index in [1.54, 1.807) is 0 Å². The molecule has 2 N–H and O–H groups in total. The van der Waals surface area contributed by atoms with E-state index in [1.165, 1.54) is 18.7 Å². The molecule has 1 aromatic carbocycles. The molecule has 1 aliphatic carbocycles. The number of halogens is 4. The number of nitrogens with zero attached hydrogens (tertiary/aromatic N) is 2. The molecule has 0 bridgehead atoms. The van der Waals surface area contributed by atoms with E-state index in [2.05, 4.69) is 15.6 Å². The Balaban J connectivity index is 1.59. The van der Waals surface area contributed by atoms with E-state index in [0.29, 0.717) is 25.5 Å². The highest BCUT2D eigenvalue weighted by atomic mass is 19.3. The number of aromatic nitrogens is 2. The molecule has 3 rings (SSSR count). The van der Waals surface area contributed by atoms with Crippen molar-refractivity contribution >= 4 is 17.1 Å². The maximum atomic E-state index is 14.8. The maximum Gasteiger partial charge on any atom is 0.314 e. The average Bonchev–Trinajstić information content (AvgIpc) is 3.11. The molecule has 1 saturated carbocycles. The highest BCUT2D eigenvalue weighted by Crippen LogP contribution is 2.33. The molecule has 12 heteroatoms. The first kappa shape index (κ1) is 24.9. The molecule has 184 valence electrons. The number of rotatable bonds is 9. The molecule has 0 saturated heterocycles. The topological polar surface area (TPSA) is 86.6 Å². The molecule has 33 heavy (non-hydrogen) atoms. The molecule has 0 aliphatic heterocycles. The highest BCUT2D eigenvalue weighted by molar-refractivity contribution is 5.80. The number of alkyl halides is 2. The van der Waals surface area contributed by atoms with Crippen molar-refractivity contribution < 1.29 is 36.6 Å². The quantitative estimate of drug-likeness (QED) is 0.541. The van der Waals surface area contributed by atoms with Gasteiger partial charge in [0.2, 0.25) is 0 Å². The minimum absolute atomic E-state index is 0.0173. The lowest BCUT2D eigenvalue weighted by atomic mass is 9.95. The van der Waals surface area contributed by atoms with Gasteiger partial charge in [0.1, 0.15) is 23.7 Å². The number of carbonyl (C=O) groups excluding carboxylic acids is 1. The third-order valence-corrected chi connectivity index (χ3v) is 5.41. The van der Waals surface area contributed by atoms with Gasteiger partial charge in [-0.2, -0.15) is 4.98 Å². The maximum absolute atomic E-state index is 14.8. The second-order valence-electron chi connectivity index (χ2n) is 8.00. The molecule has 8 nitrogen and oxygen atoms in total. The lowest BCUT2D eigenvalue weighted by molar-refractivity contribution is -0.00557. The first-order valence-corrected chi connectivity index (χ1v) is 10.7. The van der Waals surface area contributed by atoms with Gasteiger partial charge in [0.15, 0.2) is 17.4 Å². The van der Waals surface area contributed by atoms with Crippen LogP contribution in [-0.2, 0) is 11.8 Å². The molecule has 2 amide bonds. The van der Waals surface area contributed by atoms with E-state index in [4.69, 9.17) is 14.2 Å². The number of ether oxygens (including phenoxy) is 3. The highest BCUT2D eigenvalue weighted by Gasteiger charge is 2.27. The summed E-state index contributed by atoms with van der Waals surface area (Å²) in [4.78, 5) is 15.4. The Hall–Kier alpha value is -2.76. The van der Waals surface area contributed by atoms with Crippen molar-refractivity contribution in [3.63, 3.8) is 0 Å². The summed E-state index contributed by atoms with van der Waals surface area (Å²) in [6.45, 7) is 1.18. The Morgan fingerprint density at radius 2 is 1.88 bits per heavy atom. The monoisotopic (exact) mass is 476 g/mol. The van der Waals surface area contributed by atoms with Gasteiger partial charge in [-0.05, 0) is 32.6 Å². The normalized spacial score (nSPS) is 19.5. The molecular weight excluding hydrogens is 448 g/mol. The zero-order chi connectivity index (χ0) is 24.1. The van der Waals surface area contributed by atoms with E-state index in [-0.39, 0.29) is 41.3 Å². The van der Waals surface area contributed by atoms with Crippen molar-refractivity contribution in [2.75, 3.05) is 20.3 Å². The van der Waals surface area contributed by atoms with E-state index in [9.17, 15) is 22.4 Å². The SMILES string of the molecule is CNC(=O)N[C@@H](C)COC1CCC(Oc2nc3c(F)cc(OCC(F)F)c(F)c3n2C)CC1. The summed E-state index contributed by atoms with van der Waals surface area (Å²) >= 11 is 0. The number of hydrogen-bond donors (Lipinski definition) is 2. The molecule has 1 aromatic heterocycles. The number of imidazole rings is 1. The summed E-state index contributed by atoms with van der Waals surface area (Å²) in [7, 11) is 3.00. The van der Waals surface area contributed by atoms with Crippen molar-refractivity contribution in [1.82, 2.24) is 20.2 Å². The average molecular weight is 476 g/mol. The Bertz CT molecular complexity index is 964. The largest absolute Gasteiger partial charge is 0.484 e. The molecule has 0 spiro atoms. The zero-order valence-corrected chi connectivity index (χ0v) is 18.7. The lowest BCUT2D eigenvalue weighted by Crippen LogP contribution is -2.42. The van der Waals surface area contributed by atoms with E-state index < -0.39 is 30.4 Å². The Kier molecular flexibility index (Phi) is 8.22. The van der Waals surface area contributed by atoms with Gasteiger partial charge < -0.3 is 24.8 Å². The Labute approximate surface area is 188 Å². The second kappa shape index (κ2) is 10.9. The van der Waals surface area contributed by atoms with Crippen molar-refractivity contribution in [3.8, 4) is 11.8 Å². The molecule has 0 unspecified atom stereocenters. The molecule has 1 aliphatic rings. The molecule has 0 radical (unpaired) electrons. The van der Waals surface area contributed by atoms with Gasteiger partial charge >= 0.3 is 6.03 Å². The second-order valence-corrected chi connectivity index (χ2v) is 8.00. The number of aryl methyl sites for hydroxylation is 1. The van der Waals surface area contributed by atoms with Gasteiger partial charge in [0.05, 0.1) is 18.8 Å². The summed E-state index contributed by atoms with van der Waals surface area (Å²) in [5.74, 6) is -2.47. The summed E-state index contributed by atoms with van der Waals surface area (Å²) in [5.41, 5.74) is -0.479. The summed E-state index contributed by atoms with van der Waals surface area (Å²) in [6.07, 6.45) is -0.280. The fraction of sp³-hybridized carbons (Fsp3) is 0.619. The predicted molar refractivity (Wildman–Crippen MR) is 112 cm³/mol. The van der Waals surface area contributed by atoms with Crippen LogP contribution >= 0.6 is 0 Å². The van der Waals surface area contributed by atoms with Gasteiger partial charge in [-0.3, -0.25) is 4.57 Å². The van der Waals surface area contributed by atoms with Crippen molar-refractivity contribution in [2.24, 2.45) is 7.05 Å². The van der Waals surface area contributed by atoms with Crippen LogP contribution in [0.5, 0.6) is 11.8 Å². The number of fused-ring (bicyclic) bond motifs is 1. The van der Waals surface area contributed by atoms with Crippen LogP contribution in [0.1, 0.15) is 32.6 Å². The lowest BCUT2D eigenvalue weighted by Gasteiger charge is -2.29. The minimum Gasteiger partial charge on any atom is -0.484 e. The summed E-state index contributed by atoms with van der Waals surface area (Å²) < 4.78 is 71.6. The van der Waals surface area contributed by atoms with Crippen LogP contribution in [0.2, 0.25) is 0 Å². The van der Waals surface area contributed by atoms with Crippen LogP contribution in [0.15, 0.2) is 6.07 Å². The van der Waals surface area contributed by atoms with Crippen LogP contribution in [0.3, 0.4) is 0 Å². The van der Waals surface area contributed by atoms with E-state index in [1.807, 2.05) is 6.92 Å². The molecule has 1 atom stereocenters. The number of hydrogen-bond acceptors (Lipinski definition) is 5. The van der Waals surface area contributed by atoms with Gasteiger partial charge in [-0.15, -0.1) is 0 Å². The Morgan fingerprint density at radius 1 is 1.21 bits per heavy atom. The van der Waals surface area contributed by atoms with Crippen molar-refractivity contribution in [2.45, 2.75) is 57.3 Å². The van der Waals surface area contributed by atoms with Crippen LogP contribution in [-0.4, -0.2) is 60.5 Å². The van der Waals surface area contributed by atoms with Gasteiger partial charge in [-0.1, -0.05) is 0 Å². The zero-order valence-electron chi connectivity index (χ0n) is 18.7. The molecule has 1 fully saturated rings. The fourth-order valence-electron chi connectivity index (χ4n) is 3.71. The van der Waals surface area contributed by atoms with Crippen LogP contribution < -0.4 is 20.1 Å². The van der Waals surface area contributed by atoms with Crippen LogP contribution in [0.25, 0.3) is 11.0 Å². The number of carbonyl (C=O) groups is 1. The first-order valence-electron chi connectivity index (χ1n) is 10.7. The molecule has 2 aromatic rings. The van der Waals surface area contributed by atoms with E-state index >= 15 is 0 Å². The third-order valence-electron chi connectivity index (χ3n) is 5.41. The van der Waals surface area contributed by atoms with Crippen LogP contribution in [0, 0.1) is 11.6 Å². The number of nitrogens with one attached hydrogen (secondary N) is 2. The van der Waals surface area contributed by atoms with Gasteiger partial charge in [-0.25, -0.2) is 22.4 Å². The predicted octanol–water partition coefficient (Wildman–Crippen LogP) is 3.52. The number of amides is 2. The minimum atomic E-state index is -2.82. The number of benzene rings is 1. The summed E-state index contributed by atoms with van der Waals surface area (Å²) in [6, 6.07) is 0.324. The molecule has 1 heterocycles. The Morgan fingerprint density at radius 3 is 2.52 bits per heavy atom. The van der Waals surface area contributed by atoms with Crippen molar-refractivity contribution in [3.05, 3.63) is 17.7 Å². The van der Waals surface area contributed by atoms with Gasteiger partial charge in [0.25, 0.3) is 12.4 Å². The van der Waals surface area contributed by atoms with Crippen molar-refractivity contribution in [1.29, 1.82) is 0 Å². The smallest absolute Gasteiger partial charge is 0.314 e.